The van der Waals surface area contributed by atoms with Crippen molar-refractivity contribution in [2.75, 3.05) is 17.2 Å². The molecule has 1 aromatic rings. The molecule has 1 unspecified atom stereocenters. The molecule has 5 nitrogen and oxygen atoms in total. The van der Waals surface area contributed by atoms with Gasteiger partial charge in [0.05, 0.1) is 5.69 Å². The second-order valence-electron chi connectivity index (χ2n) is 4.57. The summed E-state index contributed by atoms with van der Waals surface area (Å²) < 4.78 is 49.5. The maximum Gasteiger partial charge on any atom is 0.405 e. The minimum absolute atomic E-state index is 0.0969. The Labute approximate surface area is 124 Å². The summed E-state index contributed by atoms with van der Waals surface area (Å²) in [4.78, 5) is 22.4. The molecule has 1 rings (SSSR count). The van der Waals surface area contributed by atoms with Crippen molar-refractivity contribution in [3.05, 3.63) is 24.0 Å². The van der Waals surface area contributed by atoms with Gasteiger partial charge in [-0.1, -0.05) is 0 Å². The van der Waals surface area contributed by atoms with Crippen LogP contribution in [0.15, 0.2) is 18.2 Å². The summed E-state index contributed by atoms with van der Waals surface area (Å²) in [5.74, 6) is -2.01. The molecule has 22 heavy (non-hydrogen) atoms. The number of alkyl halides is 3. The normalized spacial score (nSPS) is 12.5. The molecular formula is C13H15F4N3O2. The van der Waals surface area contributed by atoms with Crippen LogP contribution in [0.4, 0.5) is 28.9 Å². The monoisotopic (exact) mass is 321 g/mol. The van der Waals surface area contributed by atoms with Crippen LogP contribution >= 0.6 is 0 Å². The van der Waals surface area contributed by atoms with E-state index in [9.17, 15) is 27.2 Å². The standard InChI is InChI=1S/C13H15F4N3O2/c1-7(12(22)18-6-13(15,16)17)19-9-3-4-10(14)11(5-9)20-8(2)21/h3-5,7,19H,6H2,1-2H3,(H,18,22)(H,20,21). The van der Waals surface area contributed by atoms with Crippen LogP contribution in [0, 0.1) is 5.82 Å². The molecule has 0 aliphatic heterocycles. The Hall–Kier alpha value is -2.32. The van der Waals surface area contributed by atoms with Gasteiger partial charge in [0, 0.05) is 12.6 Å². The highest BCUT2D eigenvalue weighted by Gasteiger charge is 2.28. The van der Waals surface area contributed by atoms with Crippen LogP contribution in [0.25, 0.3) is 0 Å². The van der Waals surface area contributed by atoms with Crippen LogP contribution in [-0.2, 0) is 9.59 Å². The Kier molecular flexibility index (Phi) is 5.72. The molecule has 0 aromatic heterocycles. The first-order valence-electron chi connectivity index (χ1n) is 6.26. The molecule has 0 heterocycles. The van der Waals surface area contributed by atoms with Gasteiger partial charge in [-0.3, -0.25) is 9.59 Å². The second kappa shape index (κ2) is 7.10. The number of carbonyl (C=O) groups is 2. The molecule has 0 spiro atoms. The predicted molar refractivity (Wildman–Crippen MR) is 72.9 cm³/mol. The summed E-state index contributed by atoms with van der Waals surface area (Å²) in [6.07, 6.45) is -4.50. The molecule has 2 amide bonds. The lowest BCUT2D eigenvalue weighted by Crippen LogP contribution is -2.42. The smallest absolute Gasteiger partial charge is 0.374 e. The fraction of sp³-hybridized carbons (Fsp3) is 0.385. The van der Waals surface area contributed by atoms with Crippen LogP contribution in [0.3, 0.4) is 0 Å². The summed E-state index contributed by atoms with van der Waals surface area (Å²) in [7, 11) is 0. The maximum atomic E-state index is 13.4. The largest absolute Gasteiger partial charge is 0.405 e. The Bertz CT molecular complexity index is 561. The lowest BCUT2D eigenvalue weighted by molar-refractivity contribution is -0.138. The Morgan fingerprint density at radius 1 is 1.27 bits per heavy atom. The lowest BCUT2D eigenvalue weighted by atomic mass is 10.2. The number of nitrogens with one attached hydrogen (secondary N) is 3. The van der Waals surface area contributed by atoms with E-state index in [1.807, 2.05) is 0 Å². The van der Waals surface area contributed by atoms with Crippen LogP contribution < -0.4 is 16.0 Å². The van der Waals surface area contributed by atoms with Gasteiger partial charge in [-0.25, -0.2) is 4.39 Å². The van der Waals surface area contributed by atoms with Gasteiger partial charge in [-0.05, 0) is 25.1 Å². The van der Waals surface area contributed by atoms with E-state index in [0.29, 0.717) is 0 Å². The van der Waals surface area contributed by atoms with Crippen molar-refractivity contribution in [2.45, 2.75) is 26.1 Å². The first-order valence-corrected chi connectivity index (χ1v) is 6.26. The molecule has 0 saturated heterocycles. The summed E-state index contributed by atoms with van der Waals surface area (Å²) in [6.45, 7) is 1.12. The minimum Gasteiger partial charge on any atom is -0.374 e. The summed E-state index contributed by atoms with van der Waals surface area (Å²) in [5.41, 5.74) is 0.181. The van der Waals surface area contributed by atoms with Crippen molar-refractivity contribution in [3.8, 4) is 0 Å². The number of carbonyl (C=O) groups excluding carboxylic acids is 2. The van der Waals surface area contributed by atoms with Gasteiger partial charge in [0.2, 0.25) is 11.8 Å². The van der Waals surface area contributed by atoms with Crippen molar-refractivity contribution in [3.63, 3.8) is 0 Å². The van der Waals surface area contributed by atoms with Crippen LogP contribution in [-0.4, -0.2) is 30.6 Å². The third kappa shape index (κ3) is 5.98. The third-order valence-corrected chi connectivity index (χ3v) is 2.52. The zero-order valence-corrected chi connectivity index (χ0v) is 11.8. The van der Waals surface area contributed by atoms with Gasteiger partial charge >= 0.3 is 6.18 Å². The number of halogens is 4. The van der Waals surface area contributed by atoms with Crippen molar-refractivity contribution >= 4 is 23.2 Å². The number of anilines is 2. The van der Waals surface area contributed by atoms with E-state index in [1.54, 1.807) is 5.32 Å². The van der Waals surface area contributed by atoms with E-state index in [4.69, 9.17) is 0 Å². The molecule has 1 aromatic carbocycles. The van der Waals surface area contributed by atoms with Gasteiger partial charge in [-0.2, -0.15) is 13.2 Å². The van der Waals surface area contributed by atoms with Crippen molar-refractivity contribution < 1.29 is 27.2 Å². The zero-order chi connectivity index (χ0) is 16.9. The van der Waals surface area contributed by atoms with E-state index >= 15 is 0 Å². The Morgan fingerprint density at radius 3 is 2.45 bits per heavy atom. The first kappa shape index (κ1) is 17.7. The highest BCUT2D eigenvalue weighted by Crippen LogP contribution is 2.20. The fourth-order valence-corrected chi connectivity index (χ4v) is 1.56. The second-order valence-corrected chi connectivity index (χ2v) is 4.57. The highest BCUT2D eigenvalue weighted by atomic mass is 19.4. The van der Waals surface area contributed by atoms with Gasteiger partial charge < -0.3 is 16.0 Å². The zero-order valence-electron chi connectivity index (χ0n) is 11.8. The number of rotatable bonds is 5. The van der Waals surface area contributed by atoms with Crippen LogP contribution in [0.2, 0.25) is 0 Å². The summed E-state index contributed by atoms with van der Waals surface area (Å²) in [5, 5.41) is 6.61. The Morgan fingerprint density at radius 2 is 1.91 bits per heavy atom. The molecule has 0 bridgehead atoms. The van der Waals surface area contributed by atoms with E-state index in [2.05, 4.69) is 10.6 Å². The van der Waals surface area contributed by atoms with E-state index in [1.165, 1.54) is 26.0 Å². The van der Waals surface area contributed by atoms with E-state index in [-0.39, 0.29) is 11.4 Å². The van der Waals surface area contributed by atoms with Crippen molar-refractivity contribution in [1.82, 2.24) is 5.32 Å². The number of hydrogen-bond acceptors (Lipinski definition) is 3. The molecule has 0 radical (unpaired) electrons. The SMILES string of the molecule is CC(=O)Nc1cc(NC(C)C(=O)NCC(F)(F)F)ccc1F. The summed E-state index contributed by atoms with van der Waals surface area (Å²) in [6, 6.07) is 2.63. The molecule has 122 valence electrons. The van der Waals surface area contributed by atoms with Crippen molar-refractivity contribution in [2.24, 2.45) is 0 Å². The summed E-state index contributed by atoms with van der Waals surface area (Å²) >= 11 is 0. The highest BCUT2D eigenvalue weighted by molar-refractivity contribution is 5.90. The van der Waals surface area contributed by atoms with Gasteiger partial charge in [0.15, 0.2) is 0 Å². The molecule has 0 saturated carbocycles. The lowest BCUT2D eigenvalue weighted by Gasteiger charge is -2.17. The van der Waals surface area contributed by atoms with Gasteiger partial charge in [-0.15, -0.1) is 0 Å². The molecule has 0 fully saturated rings. The minimum atomic E-state index is -4.50. The van der Waals surface area contributed by atoms with Crippen molar-refractivity contribution in [1.29, 1.82) is 0 Å². The fourth-order valence-electron chi connectivity index (χ4n) is 1.56. The Balaban J connectivity index is 2.69. The topological polar surface area (TPSA) is 70.2 Å². The molecule has 1 atom stereocenters. The van der Waals surface area contributed by atoms with Gasteiger partial charge in [0.1, 0.15) is 18.4 Å². The van der Waals surface area contributed by atoms with E-state index in [0.717, 1.165) is 6.07 Å². The predicted octanol–water partition coefficient (Wildman–Crippen LogP) is 2.26. The first-order chi connectivity index (χ1) is 10.1. The van der Waals surface area contributed by atoms with Crippen LogP contribution in [0.1, 0.15) is 13.8 Å². The third-order valence-electron chi connectivity index (χ3n) is 2.52. The molecule has 3 N–H and O–H groups in total. The number of hydrogen-bond donors (Lipinski definition) is 3. The maximum absolute atomic E-state index is 13.4. The molecule has 9 heteroatoms. The molecule has 0 aliphatic rings. The van der Waals surface area contributed by atoms with E-state index < -0.39 is 36.4 Å². The van der Waals surface area contributed by atoms with Gasteiger partial charge in [0.25, 0.3) is 0 Å². The molecular weight excluding hydrogens is 306 g/mol. The number of benzene rings is 1. The number of amides is 2. The average Bonchev–Trinajstić information content (AvgIpc) is 2.38. The average molecular weight is 321 g/mol. The molecule has 0 aliphatic carbocycles. The quantitative estimate of drug-likeness (QED) is 0.729. The van der Waals surface area contributed by atoms with Crippen LogP contribution in [0.5, 0.6) is 0 Å².